The Morgan fingerprint density at radius 3 is 1.78 bits per heavy atom. The van der Waals surface area contributed by atoms with E-state index in [1.54, 1.807) is 11.3 Å². The highest BCUT2D eigenvalue weighted by atomic mass is 32.1. The largest absolute Gasteiger partial charge is 0.208 e. The van der Waals surface area contributed by atoms with E-state index >= 15 is 0 Å². The number of fused-ring (bicyclic) bond motifs is 6. The molecule has 210 valence electrons. The topological polar surface area (TPSA) is 38.7 Å². The number of hydrogen-bond acceptors (Lipinski definition) is 4. The predicted octanol–water partition coefficient (Wildman–Crippen LogP) is 11.2. The molecule has 0 bridgehead atoms. The first-order chi connectivity index (χ1) is 22.3. The normalized spacial score (nSPS) is 11.6. The number of hydrogen-bond donors (Lipinski definition) is 0. The second-order valence-electron chi connectivity index (χ2n) is 11.2. The lowest BCUT2D eigenvalue weighted by Gasteiger charge is -2.14. The van der Waals surface area contributed by atoms with Crippen LogP contribution in [0, 0.1) is 0 Å². The molecule has 0 saturated heterocycles. The highest BCUT2D eigenvalue weighted by molar-refractivity contribution is 7.26. The van der Waals surface area contributed by atoms with Gasteiger partial charge >= 0.3 is 0 Å². The molecule has 2 heterocycles. The van der Waals surface area contributed by atoms with Crippen LogP contribution in [-0.2, 0) is 0 Å². The lowest BCUT2D eigenvalue weighted by molar-refractivity contribution is 1.08. The minimum atomic E-state index is 0.657. The first-order valence-corrected chi connectivity index (χ1v) is 15.9. The first-order valence-electron chi connectivity index (χ1n) is 15.0. The van der Waals surface area contributed by atoms with Crippen LogP contribution in [0.5, 0.6) is 0 Å². The molecule has 0 N–H and O–H groups in total. The molecule has 2 aromatic heterocycles. The molecule has 0 aliphatic carbocycles. The second kappa shape index (κ2) is 10.5. The van der Waals surface area contributed by atoms with E-state index in [0.717, 1.165) is 38.6 Å². The average molecular weight is 592 g/mol. The fraction of sp³-hybridized carbons (Fsp3) is 0. The lowest BCUT2D eigenvalue weighted by atomic mass is 9.97. The zero-order valence-electron chi connectivity index (χ0n) is 24.2. The number of nitrogens with zero attached hydrogens (tertiary/aromatic N) is 3. The molecule has 0 aliphatic heterocycles. The maximum Gasteiger partial charge on any atom is 0.165 e. The molecule has 0 fully saturated rings. The van der Waals surface area contributed by atoms with E-state index in [9.17, 15) is 0 Å². The van der Waals surface area contributed by atoms with E-state index in [0.29, 0.717) is 17.5 Å². The van der Waals surface area contributed by atoms with Gasteiger partial charge in [-0.15, -0.1) is 11.3 Å². The number of benzene rings is 7. The molecule has 4 heteroatoms. The summed E-state index contributed by atoms with van der Waals surface area (Å²) in [5, 5.41) is 7.16. The standard InChI is InChI=1S/C41H25N3S/c1-2-12-26(13-3-1)29-16-6-7-19-33(29)39-42-40(34-21-10-15-28-25-24-27-14-4-5-17-30(27)37(28)34)44-41(43-39)35-22-11-20-32-31-18-8-9-23-36(31)45-38(32)35/h1-25H. The molecule has 3 nitrogen and oxygen atoms in total. The molecule has 0 atom stereocenters. The van der Waals surface area contributed by atoms with Crippen LogP contribution in [0.1, 0.15) is 0 Å². The summed E-state index contributed by atoms with van der Waals surface area (Å²) in [7, 11) is 0. The third-order valence-corrected chi connectivity index (χ3v) is 9.76. The van der Waals surface area contributed by atoms with Crippen LogP contribution in [0.15, 0.2) is 152 Å². The summed E-state index contributed by atoms with van der Waals surface area (Å²) in [6.07, 6.45) is 0. The van der Waals surface area contributed by atoms with Gasteiger partial charge in [0.1, 0.15) is 0 Å². The van der Waals surface area contributed by atoms with Crippen molar-refractivity contribution in [2.45, 2.75) is 0 Å². The first kappa shape index (κ1) is 25.8. The molecule has 0 amide bonds. The van der Waals surface area contributed by atoms with Gasteiger partial charge in [-0.2, -0.15) is 0 Å². The highest BCUT2D eigenvalue weighted by Gasteiger charge is 2.19. The monoisotopic (exact) mass is 591 g/mol. The van der Waals surface area contributed by atoms with E-state index in [-0.39, 0.29) is 0 Å². The molecule has 9 aromatic rings. The van der Waals surface area contributed by atoms with E-state index < -0.39 is 0 Å². The predicted molar refractivity (Wildman–Crippen MR) is 189 cm³/mol. The van der Waals surface area contributed by atoms with Crippen molar-refractivity contribution in [3.05, 3.63) is 152 Å². The van der Waals surface area contributed by atoms with Gasteiger partial charge in [-0.3, -0.25) is 0 Å². The second-order valence-corrected chi connectivity index (χ2v) is 12.2. The van der Waals surface area contributed by atoms with Crippen LogP contribution in [0.2, 0.25) is 0 Å². The van der Waals surface area contributed by atoms with Crippen molar-refractivity contribution in [3.8, 4) is 45.3 Å². The summed E-state index contributed by atoms with van der Waals surface area (Å²) < 4.78 is 2.44. The minimum absolute atomic E-state index is 0.657. The Labute approximate surface area is 264 Å². The van der Waals surface area contributed by atoms with E-state index in [1.807, 2.05) is 6.07 Å². The van der Waals surface area contributed by atoms with Gasteiger partial charge in [0.05, 0.1) is 0 Å². The molecule has 9 rings (SSSR count). The van der Waals surface area contributed by atoms with Crippen molar-refractivity contribution in [2.24, 2.45) is 0 Å². The van der Waals surface area contributed by atoms with Gasteiger partial charge in [0.15, 0.2) is 17.5 Å². The van der Waals surface area contributed by atoms with Crippen molar-refractivity contribution in [3.63, 3.8) is 0 Å². The van der Waals surface area contributed by atoms with Crippen molar-refractivity contribution in [1.82, 2.24) is 15.0 Å². The quantitative estimate of drug-likeness (QED) is 0.191. The molecule has 0 saturated carbocycles. The summed E-state index contributed by atoms with van der Waals surface area (Å²) in [5.41, 5.74) is 5.20. The maximum absolute atomic E-state index is 5.26. The molecule has 45 heavy (non-hydrogen) atoms. The summed E-state index contributed by atoms with van der Waals surface area (Å²) >= 11 is 1.79. The fourth-order valence-electron chi connectivity index (χ4n) is 6.45. The molecule has 0 radical (unpaired) electrons. The Bertz CT molecular complexity index is 2550. The van der Waals surface area contributed by atoms with Crippen LogP contribution in [0.3, 0.4) is 0 Å². The summed E-state index contributed by atoms with van der Waals surface area (Å²) in [6, 6.07) is 53.2. The summed E-state index contributed by atoms with van der Waals surface area (Å²) in [4.78, 5) is 15.7. The van der Waals surface area contributed by atoms with Gasteiger partial charge in [0.25, 0.3) is 0 Å². The Morgan fingerprint density at radius 1 is 0.356 bits per heavy atom. The van der Waals surface area contributed by atoms with Crippen molar-refractivity contribution >= 4 is 53.1 Å². The van der Waals surface area contributed by atoms with Crippen molar-refractivity contribution in [2.75, 3.05) is 0 Å². The van der Waals surface area contributed by atoms with Gasteiger partial charge in [-0.05, 0) is 39.4 Å². The zero-order valence-corrected chi connectivity index (χ0v) is 25.0. The molecule has 7 aromatic carbocycles. The molecule has 0 aliphatic rings. The average Bonchev–Trinajstić information content (AvgIpc) is 3.50. The Morgan fingerprint density at radius 2 is 0.911 bits per heavy atom. The third-order valence-electron chi connectivity index (χ3n) is 8.54. The maximum atomic E-state index is 5.26. The summed E-state index contributed by atoms with van der Waals surface area (Å²) in [5.74, 6) is 2.00. The third kappa shape index (κ3) is 4.30. The Kier molecular flexibility index (Phi) is 6.00. The van der Waals surface area contributed by atoms with Crippen LogP contribution < -0.4 is 0 Å². The zero-order chi connectivity index (χ0) is 29.7. The highest BCUT2D eigenvalue weighted by Crippen LogP contribution is 2.41. The van der Waals surface area contributed by atoms with Gasteiger partial charge in [0, 0.05) is 42.2 Å². The molecular formula is C41H25N3S. The minimum Gasteiger partial charge on any atom is -0.208 e. The van der Waals surface area contributed by atoms with Crippen LogP contribution in [-0.4, -0.2) is 15.0 Å². The lowest BCUT2D eigenvalue weighted by Crippen LogP contribution is -2.01. The van der Waals surface area contributed by atoms with Crippen molar-refractivity contribution in [1.29, 1.82) is 0 Å². The van der Waals surface area contributed by atoms with Crippen LogP contribution in [0.25, 0.3) is 87.0 Å². The number of rotatable bonds is 4. The Balaban J connectivity index is 1.37. The number of thiophene rings is 1. The van der Waals surface area contributed by atoms with E-state index in [1.165, 1.54) is 30.9 Å². The molecular weight excluding hydrogens is 567 g/mol. The van der Waals surface area contributed by atoms with E-state index in [4.69, 9.17) is 15.0 Å². The number of aromatic nitrogens is 3. The smallest absolute Gasteiger partial charge is 0.165 e. The summed E-state index contributed by atoms with van der Waals surface area (Å²) in [6.45, 7) is 0. The van der Waals surface area contributed by atoms with Crippen LogP contribution >= 0.6 is 11.3 Å². The molecule has 0 unspecified atom stereocenters. The van der Waals surface area contributed by atoms with Gasteiger partial charge in [0.2, 0.25) is 0 Å². The van der Waals surface area contributed by atoms with Crippen molar-refractivity contribution < 1.29 is 0 Å². The molecule has 0 spiro atoms. The Hall–Kier alpha value is -5.71. The van der Waals surface area contributed by atoms with Gasteiger partial charge in [-0.1, -0.05) is 140 Å². The van der Waals surface area contributed by atoms with Gasteiger partial charge in [-0.25, -0.2) is 15.0 Å². The van der Waals surface area contributed by atoms with Gasteiger partial charge < -0.3 is 0 Å². The van der Waals surface area contributed by atoms with E-state index in [2.05, 4.69) is 146 Å². The van der Waals surface area contributed by atoms with Crippen LogP contribution in [0.4, 0.5) is 0 Å². The fourth-order valence-corrected chi connectivity index (χ4v) is 7.67. The SMILES string of the molecule is c1ccc(-c2ccccc2-c2nc(-c3cccc4c3sc3ccccc34)nc(-c3cccc4ccc5ccccc5c34)n2)cc1.